The van der Waals surface area contributed by atoms with Crippen molar-refractivity contribution in [3.8, 4) is 0 Å². The van der Waals surface area contributed by atoms with Crippen LogP contribution in [0.25, 0.3) is 0 Å². The zero-order chi connectivity index (χ0) is 12.7. The molecule has 0 fully saturated rings. The largest absolute Gasteiger partial charge is 0.481 e. The van der Waals surface area contributed by atoms with E-state index in [-0.39, 0.29) is 5.91 Å². The Labute approximate surface area is 94.1 Å². The van der Waals surface area contributed by atoms with Crippen molar-refractivity contribution in [2.45, 2.75) is 19.8 Å². The highest BCUT2D eigenvalue weighted by atomic mass is 16.4. The second-order valence-corrected chi connectivity index (χ2v) is 3.30. The van der Waals surface area contributed by atoms with E-state index in [0.717, 1.165) is 0 Å². The quantitative estimate of drug-likeness (QED) is 0.650. The molecule has 0 aliphatic rings. The summed E-state index contributed by atoms with van der Waals surface area (Å²) in [5.41, 5.74) is 11.3. The number of anilines is 1. The maximum atomic E-state index is 10.6. The van der Waals surface area contributed by atoms with Crippen molar-refractivity contribution >= 4 is 17.6 Å². The summed E-state index contributed by atoms with van der Waals surface area (Å²) in [4.78, 5) is 19.8. The Balaban J connectivity index is 0.000000487. The van der Waals surface area contributed by atoms with E-state index in [1.54, 1.807) is 31.2 Å². The molecule has 1 rings (SSSR count). The van der Waals surface area contributed by atoms with Gasteiger partial charge in [-0.3, -0.25) is 9.59 Å². The van der Waals surface area contributed by atoms with Gasteiger partial charge in [0.05, 0.1) is 5.92 Å². The number of carboxylic acids is 1. The average molecular weight is 224 g/mol. The van der Waals surface area contributed by atoms with Gasteiger partial charge in [-0.05, 0) is 18.6 Å². The van der Waals surface area contributed by atoms with Gasteiger partial charge in [0.15, 0.2) is 0 Å². The highest BCUT2D eigenvalue weighted by molar-refractivity contribution is 5.77. The van der Waals surface area contributed by atoms with Crippen LogP contribution in [0.1, 0.15) is 25.3 Å². The van der Waals surface area contributed by atoms with Gasteiger partial charge < -0.3 is 16.6 Å². The van der Waals surface area contributed by atoms with Gasteiger partial charge in [-0.1, -0.05) is 18.2 Å². The third kappa shape index (κ3) is 4.99. The lowest BCUT2D eigenvalue weighted by Crippen LogP contribution is -2.09. The maximum Gasteiger partial charge on any atom is 0.310 e. The van der Waals surface area contributed by atoms with Crippen LogP contribution in [0.2, 0.25) is 0 Å². The molecule has 0 aromatic heterocycles. The molecular formula is C11H16N2O3. The van der Waals surface area contributed by atoms with E-state index in [1.807, 2.05) is 0 Å². The van der Waals surface area contributed by atoms with Gasteiger partial charge in [-0.15, -0.1) is 0 Å². The molecule has 1 amide bonds. The molecule has 0 radical (unpaired) electrons. The number of hydrogen-bond donors (Lipinski definition) is 3. The molecule has 0 bridgehead atoms. The number of rotatable bonds is 2. The summed E-state index contributed by atoms with van der Waals surface area (Å²) in [7, 11) is 0. The first-order valence-electron chi connectivity index (χ1n) is 4.69. The number of nitrogen functional groups attached to an aromatic ring is 1. The van der Waals surface area contributed by atoms with Gasteiger partial charge in [-0.2, -0.15) is 0 Å². The number of nitrogens with two attached hydrogens (primary N) is 2. The van der Waals surface area contributed by atoms with Crippen LogP contribution in [0, 0.1) is 0 Å². The minimum atomic E-state index is -0.854. The molecule has 0 aliphatic carbocycles. The summed E-state index contributed by atoms with van der Waals surface area (Å²) in [5, 5.41) is 8.70. The summed E-state index contributed by atoms with van der Waals surface area (Å²) in [5.74, 6) is -1.72. The Hall–Kier alpha value is -2.04. The van der Waals surface area contributed by atoms with E-state index in [9.17, 15) is 9.59 Å². The van der Waals surface area contributed by atoms with E-state index in [2.05, 4.69) is 5.73 Å². The highest BCUT2D eigenvalue weighted by Crippen LogP contribution is 2.21. The summed E-state index contributed by atoms with van der Waals surface area (Å²) in [6.45, 7) is 2.92. The molecule has 5 heteroatoms. The van der Waals surface area contributed by atoms with Crippen molar-refractivity contribution in [3.63, 3.8) is 0 Å². The maximum absolute atomic E-state index is 10.6. The first-order valence-corrected chi connectivity index (χ1v) is 4.69. The number of para-hydroxylation sites is 1. The lowest BCUT2D eigenvalue weighted by atomic mass is 10.00. The Bertz CT molecular complexity index is 373. The molecule has 0 saturated carbocycles. The van der Waals surface area contributed by atoms with Crippen LogP contribution < -0.4 is 11.5 Å². The Morgan fingerprint density at radius 3 is 2.12 bits per heavy atom. The van der Waals surface area contributed by atoms with Crippen molar-refractivity contribution in [3.05, 3.63) is 29.8 Å². The molecule has 88 valence electrons. The summed E-state index contributed by atoms with van der Waals surface area (Å²) in [6.07, 6.45) is 0. The smallest absolute Gasteiger partial charge is 0.310 e. The van der Waals surface area contributed by atoms with Crippen LogP contribution in [-0.2, 0) is 9.59 Å². The molecule has 1 aromatic rings. The molecule has 5 N–H and O–H groups in total. The Kier molecular flexibility index (Phi) is 5.62. The topological polar surface area (TPSA) is 106 Å². The third-order valence-corrected chi connectivity index (χ3v) is 1.83. The molecule has 1 unspecified atom stereocenters. The van der Waals surface area contributed by atoms with Crippen molar-refractivity contribution in [1.82, 2.24) is 0 Å². The molecular weight excluding hydrogens is 208 g/mol. The van der Waals surface area contributed by atoms with Gasteiger partial charge in [-0.25, -0.2) is 0 Å². The Morgan fingerprint density at radius 2 is 1.75 bits per heavy atom. The number of amides is 1. The fourth-order valence-corrected chi connectivity index (χ4v) is 1.04. The van der Waals surface area contributed by atoms with Crippen molar-refractivity contribution in [2.75, 3.05) is 5.73 Å². The number of carbonyl (C=O) groups excluding carboxylic acids is 1. The zero-order valence-electron chi connectivity index (χ0n) is 9.31. The summed E-state index contributed by atoms with van der Waals surface area (Å²) >= 11 is 0. The highest BCUT2D eigenvalue weighted by Gasteiger charge is 2.15. The van der Waals surface area contributed by atoms with E-state index in [1.165, 1.54) is 6.92 Å². The number of carbonyl (C=O) groups is 2. The minimum absolute atomic E-state index is 0.333. The monoisotopic (exact) mass is 224 g/mol. The Morgan fingerprint density at radius 1 is 1.31 bits per heavy atom. The van der Waals surface area contributed by atoms with E-state index in [0.29, 0.717) is 11.3 Å². The lowest BCUT2D eigenvalue weighted by Gasteiger charge is -2.08. The summed E-state index contributed by atoms with van der Waals surface area (Å²) in [6, 6.07) is 7.00. The fraction of sp³-hybridized carbons (Fsp3) is 0.273. The second-order valence-electron chi connectivity index (χ2n) is 3.30. The minimum Gasteiger partial charge on any atom is -0.481 e. The number of aliphatic carboxylic acids is 1. The normalized spacial score (nSPS) is 10.9. The number of benzene rings is 1. The van der Waals surface area contributed by atoms with E-state index >= 15 is 0 Å². The van der Waals surface area contributed by atoms with E-state index in [4.69, 9.17) is 10.8 Å². The van der Waals surface area contributed by atoms with Crippen LogP contribution in [0.4, 0.5) is 5.69 Å². The van der Waals surface area contributed by atoms with Gasteiger partial charge >= 0.3 is 5.97 Å². The van der Waals surface area contributed by atoms with Crippen LogP contribution in [0.5, 0.6) is 0 Å². The summed E-state index contributed by atoms with van der Waals surface area (Å²) < 4.78 is 0. The third-order valence-electron chi connectivity index (χ3n) is 1.83. The van der Waals surface area contributed by atoms with Crippen LogP contribution in [-0.4, -0.2) is 17.0 Å². The number of primary amides is 1. The van der Waals surface area contributed by atoms with Gasteiger partial charge in [0.2, 0.25) is 5.91 Å². The SMILES string of the molecule is CC(C(=O)O)c1ccccc1N.CC(N)=O. The molecule has 1 aromatic carbocycles. The van der Waals surface area contributed by atoms with Crippen molar-refractivity contribution < 1.29 is 14.7 Å². The first-order chi connectivity index (χ1) is 7.36. The van der Waals surface area contributed by atoms with Crippen LogP contribution in [0.15, 0.2) is 24.3 Å². The predicted octanol–water partition coefficient (Wildman–Crippen LogP) is 0.949. The fourth-order valence-electron chi connectivity index (χ4n) is 1.04. The van der Waals surface area contributed by atoms with E-state index < -0.39 is 11.9 Å². The molecule has 1 atom stereocenters. The molecule has 0 aliphatic heterocycles. The molecule has 0 spiro atoms. The van der Waals surface area contributed by atoms with Crippen LogP contribution in [0.3, 0.4) is 0 Å². The molecule has 5 nitrogen and oxygen atoms in total. The molecule has 0 heterocycles. The van der Waals surface area contributed by atoms with Gasteiger partial charge in [0.25, 0.3) is 0 Å². The zero-order valence-corrected chi connectivity index (χ0v) is 9.31. The van der Waals surface area contributed by atoms with Gasteiger partial charge in [0, 0.05) is 12.6 Å². The lowest BCUT2D eigenvalue weighted by molar-refractivity contribution is -0.138. The molecule has 0 saturated heterocycles. The first kappa shape index (κ1) is 14.0. The van der Waals surface area contributed by atoms with Crippen molar-refractivity contribution in [1.29, 1.82) is 0 Å². The van der Waals surface area contributed by atoms with Crippen LogP contribution >= 0.6 is 0 Å². The number of hydrogen-bond acceptors (Lipinski definition) is 3. The standard InChI is InChI=1S/C9H11NO2.C2H5NO/c1-6(9(11)12)7-4-2-3-5-8(7)10;1-2(3)4/h2-6H,10H2,1H3,(H,11,12);1H3,(H2,3,4). The molecule has 16 heavy (non-hydrogen) atoms. The van der Waals surface area contributed by atoms with Crippen molar-refractivity contribution in [2.24, 2.45) is 5.73 Å². The number of carboxylic acid groups (broad SMARTS) is 1. The second kappa shape index (κ2) is 6.44. The van der Waals surface area contributed by atoms with Gasteiger partial charge in [0.1, 0.15) is 0 Å². The average Bonchev–Trinajstić information content (AvgIpc) is 2.16. The predicted molar refractivity (Wildman–Crippen MR) is 61.8 cm³/mol.